The van der Waals surface area contributed by atoms with Crippen molar-refractivity contribution in [2.45, 2.75) is 119 Å². The van der Waals surface area contributed by atoms with Gasteiger partial charge in [0.25, 0.3) is 5.97 Å². The zero-order valence-electron chi connectivity index (χ0n) is 28.9. The Morgan fingerprint density at radius 1 is 0.804 bits per heavy atom. The molecule has 0 spiro atoms. The Hall–Kier alpha value is -2.07. The molecule has 0 bridgehead atoms. The van der Waals surface area contributed by atoms with Crippen molar-refractivity contribution in [2.75, 3.05) is 13.1 Å². The summed E-state index contributed by atoms with van der Waals surface area (Å²) >= 11 is 0. The fourth-order valence-electron chi connectivity index (χ4n) is 6.26. The maximum absolute atomic E-state index is 10.6. The Kier molecular flexibility index (Phi) is 20.1. The van der Waals surface area contributed by atoms with E-state index in [1.165, 1.54) is 38.5 Å². The van der Waals surface area contributed by atoms with Gasteiger partial charge in [-0.3, -0.25) is 4.79 Å². The molecule has 2 fully saturated rings. The smallest absolute Gasteiger partial charge is 0.491 e. The largest absolute Gasteiger partial charge is 2.00 e. The van der Waals surface area contributed by atoms with Crippen LogP contribution in [-0.2, 0) is 30.0 Å². The van der Waals surface area contributed by atoms with E-state index in [-0.39, 0.29) is 20.4 Å². The van der Waals surface area contributed by atoms with Crippen molar-refractivity contribution in [3.05, 3.63) is 13.3 Å². The number of carbonyl (C=O) groups is 2. The summed E-state index contributed by atoms with van der Waals surface area (Å²) in [4.78, 5) is 22.2. The van der Waals surface area contributed by atoms with Gasteiger partial charge in [-0.15, -0.1) is 13.3 Å². The number of nitrogens with zero attached hydrogens (tertiary/aromatic N) is 6. The molecule has 0 aromatic heterocycles. The molecule has 0 aromatic rings. The monoisotopic (exact) mass is 752 g/mol. The maximum Gasteiger partial charge on any atom is 2.00 e. The van der Waals surface area contributed by atoms with Crippen LogP contribution in [-0.4, -0.2) is 86.0 Å². The van der Waals surface area contributed by atoms with Crippen molar-refractivity contribution < 1.29 is 53.4 Å². The van der Waals surface area contributed by atoms with E-state index in [0.717, 1.165) is 55.5 Å². The molecule has 2 aliphatic carbocycles. The van der Waals surface area contributed by atoms with Crippen molar-refractivity contribution in [3.8, 4) is 0 Å². The van der Waals surface area contributed by atoms with Crippen LogP contribution in [0.2, 0.25) is 0 Å². The number of alkyl halides is 3. The first-order valence-electron chi connectivity index (χ1n) is 16.3. The maximum atomic E-state index is 10.6. The zero-order chi connectivity index (χ0) is 34.5. The Morgan fingerprint density at radius 2 is 1.11 bits per heavy atom. The van der Waals surface area contributed by atoms with Crippen LogP contribution in [0.3, 0.4) is 0 Å². The number of hydrogen-bond acceptors (Lipinski definition) is 8. The minimum atomic E-state index is -5.08. The van der Waals surface area contributed by atoms with Crippen LogP contribution >= 0.6 is 0 Å². The van der Waals surface area contributed by atoms with Crippen LogP contribution in [0.5, 0.6) is 0 Å². The van der Waals surface area contributed by atoms with E-state index in [9.17, 15) is 13.2 Å². The molecule has 0 aromatic carbocycles. The van der Waals surface area contributed by atoms with Crippen molar-refractivity contribution in [1.82, 2.24) is 19.8 Å². The van der Waals surface area contributed by atoms with Crippen LogP contribution in [0.4, 0.5) is 13.2 Å². The van der Waals surface area contributed by atoms with Gasteiger partial charge in [0.2, 0.25) is 0 Å². The molecule has 6 atom stereocenters. The number of hydrogen-bond donors (Lipinski definition) is 2. The fourth-order valence-corrected chi connectivity index (χ4v) is 6.26. The molecule has 4 rings (SSSR count). The third kappa shape index (κ3) is 15.2. The standard InChI is InChI=1S/2C14H26N3.C2HF3O2.C2H4O2.Pd/c2*1-5-16-9-15-17(10-16)14-8-12(4)6-7-13(14)11(2)3;3-2(4,5)1(6)7;1-2(3)4;/h2*9-14H,5-8H2,1-4H3;(H,6,7);1H3,(H,3,4);/q2*-1;;;+2/t2*12-,13+,14+;;;/m00.../s1. The summed E-state index contributed by atoms with van der Waals surface area (Å²) in [5, 5.41) is 28.1. The van der Waals surface area contributed by atoms with E-state index < -0.39 is 18.1 Å². The third-order valence-corrected chi connectivity index (χ3v) is 8.83. The summed E-state index contributed by atoms with van der Waals surface area (Å²) in [5.41, 5.74) is 0. The van der Waals surface area contributed by atoms with Crippen LogP contribution < -0.4 is 0 Å². The third-order valence-electron chi connectivity index (χ3n) is 8.83. The van der Waals surface area contributed by atoms with Crippen LogP contribution in [0.1, 0.15) is 101 Å². The predicted octanol–water partition coefficient (Wildman–Crippen LogP) is 7.02. The summed E-state index contributed by atoms with van der Waals surface area (Å²) in [6, 6.07) is 1.21. The van der Waals surface area contributed by atoms with Gasteiger partial charge in [-0.25, -0.2) is 15.0 Å². The van der Waals surface area contributed by atoms with E-state index in [1.54, 1.807) is 0 Å². The molecule has 0 amide bonds. The summed E-state index contributed by atoms with van der Waals surface area (Å²) in [5.74, 6) is 1.18. The molecule has 2 heterocycles. The second-order valence-corrected chi connectivity index (χ2v) is 13.2. The summed E-state index contributed by atoms with van der Waals surface area (Å²) < 4.78 is 31.7. The van der Waals surface area contributed by atoms with Crippen molar-refractivity contribution in [2.24, 2.45) is 45.7 Å². The molecular formula is C32H57F3N6O4Pd. The Balaban J connectivity index is 0.000000660. The van der Waals surface area contributed by atoms with Gasteiger partial charge in [-0.05, 0) is 88.1 Å². The summed E-state index contributed by atoms with van der Waals surface area (Å²) in [6.07, 6.45) is 6.88. The Bertz CT molecular complexity index is 895. The number of carboxylic acid groups (broad SMARTS) is 2. The number of aliphatic carboxylic acids is 2. The molecule has 14 heteroatoms. The molecule has 270 valence electrons. The number of hydrazone groups is 2. The molecule has 2 saturated carbocycles. The molecule has 0 radical (unpaired) electrons. The minimum absolute atomic E-state index is 0. The molecule has 46 heavy (non-hydrogen) atoms. The Labute approximate surface area is 288 Å². The SMILES string of the molecule is CC(=O)O.CCN1C=NN([C@@H]2C[C@@H](C)CC[C@@H]2C(C)C)[CH-]1.CCN1C=NN([C@@H]2C[C@@H](C)CC[C@@H]2C(C)C)[CH-]1.O=C(O)C(F)(F)F.[Pd+2]. The first-order chi connectivity index (χ1) is 20.9. The molecule has 0 unspecified atom stereocenters. The summed E-state index contributed by atoms with van der Waals surface area (Å²) in [7, 11) is 0. The average molecular weight is 753 g/mol. The number of halogens is 3. The Morgan fingerprint density at radius 3 is 1.33 bits per heavy atom. The minimum Gasteiger partial charge on any atom is -0.491 e. The van der Waals surface area contributed by atoms with Gasteiger partial charge in [0.1, 0.15) is 0 Å². The molecule has 2 aliphatic heterocycles. The molecule has 2 N–H and O–H groups in total. The second kappa shape index (κ2) is 21.0. The average Bonchev–Trinajstić information content (AvgIpc) is 3.62. The van der Waals surface area contributed by atoms with E-state index in [1.807, 2.05) is 12.7 Å². The van der Waals surface area contributed by atoms with Gasteiger partial charge in [-0.2, -0.15) is 13.2 Å². The van der Waals surface area contributed by atoms with E-state index >= 15 is 0 Å². The van der Waals surface area contributed by atoms with Crippen LogP contribution in [0.15, 0.2) is 10.2 Å². The first kappa shape index (κ1) is 43.9. The van der Waals surface area contributed by atoms with Gasteiger partial charge in [-0.1, -0.05) is 54.4 Å². The van der Waals surface area contributed by atoms with Gasteiger partial charge in [0.05, 0.1) is 12.7 Å². The van der Waals surface area contributed by atoms with Gasteiger partial charge >= 0.3 is 32.6 Å². The van der Waals surface area contributed by atoms with Gasteiger partial charge in [0.15, 0.2) is 0 Å². The quantitative estimate of drug-likeness (QED) is 0.220. The van der Waals surface area contributed by atoms with Crippen LogP contribution in [0.25, 0.3) is 0 Å². The summed E-state index contributed by atoms with van der Waals surface area (Å²) in [6.45, 7) is 25.9. The topological polar surface area (TPSA) is 112 Å². The number of carboxylic acids is 2. The van der Waals surface area contributed by atoms with Gasteiger partial charge < -0.3 is 30.0 Å². The van der Waals surface area contributed by atoms with E-state index in [4.69, 9.17) is 19.8 Å². The van der Waals surface area contributed by atoms with Gasteiger partial charge in [0, 0.05) is 19.0 Å². The van der Waals surface area contributed by atoms with Crippen molar-refractivity contribution >= 4 is 24.6 Å². The van der Waals surface area contributed by atoms with Crippen molar-refractivity contribution in [3.63, 3.8) is 0 Å². The zero-order valence-corrected chi connectivity index (χ0v) is 30.5. The second-order valence-electron chi connectivity index (χ2n) is 13.2. The van der Waals surface area contributed by atoms with E-state index in [2.05, 4.69) is 98.7 Å². The normalized spacial score (nSPS) is 27.3. The molecule has 10 nitrogen and oxygen atoms in total. The predicted molar refractivity (Wildman–Crippen MR) is 171 cm³/mol. The van der Waals surface area contributed by atoms with E-state index in [0.29, 0.717) is 12.1 Å². The molecule has 4 aliphatic rings. The molecule has 0 saturated heterocycles. The molecular weight excluding hydrogens is 696 g/mol. The number of rotatable bonds is 6. The fraction of sp³-hybridized carbons (Fsp3) is 0.812. The van der Waals surface area contributed by atoms with Crippen LogP contribution in [0, 0.1) is 48.8 Å². The first-order valence-corrected chi connectivity index (χ1v) is 16.3. The van der Waals surface area contributed by atoms with Crippen molar-refractivity contribution in [1.29, 1.82) is 0 Å².